The van der Waals surface area contributed by atoms with Crippen molar-refractivity contribution in [2.24, 2.45) is 0 Å². The van der Waals surface area contributed by atoms with Crippen LogP contribution in [0.4, 0.5) is 0 Å². The number of hydrogen-bond acceptors (Lipinski definition) is 5. The lowest BCUT2D eigenvalue weighted by Crippen LogP contribution is -2.33. The molecule has 3 aromatic rings. The molecule has 0 saturated heterocycles. The van der Waals surface area contributed by atoms with Crippen LogP contribution in [-0.4, -0.2) is 34.8 Å². The molecule has 3 rings (SSSR count). The van der Waals surface area contributed by atoms with Crippen molar-refractivity contribution in [1.29, 1.82) is 0 Å². The van der Waals surface area contributed by atoms with Gasteiger partial charge >= 0.3 is 11.7 Å². The highest BCUT2D eigenvalue weighted by molar-refractivity contribution is 5.92. The van der Waals surface area contributed by atoms with Crippen molar-refractivity contribution in [1.82, 2.24) is 9.55 Å². The van der Waals surface area contributed by atoms with E-state index in [2.05, 4.69) is 4.98 Å². The molecule has 2 N–H and O–H groups in total. The van der Waals surface area contributed by atoms with Gasteiger partial charge in [0.1, 0.15) is 11.5 Å². The summed E-state index contributed by atoms with van der Waals surface area (Å²) in [6.07, 6.45) is 0. The van der Waals surface area contributed by atoms with Crippen LogP contribution < -0.4 is 20.7 Å². The van der Waals surface area contributed by atoms with Crippen molar-refractivity contribution in [2.45, 2.75) is 0 Å². The molecule has 25 heavy (non-hydrogen) atoms. The van der Waals surface area contributed by atoms with Gasteiger partial charge in [-0.2, -0.15) is 0 Å². The first-order valence-corrected chi connectivity index (χ1v) is 7.20. The lowest BCUT2D eigenvalue weighted by molar-refractivity contribution is 0.0697. The van der Waals surface area contributed by atoms with Crippen molar-refractivity contribution >= 4 is 16.9 Å². The van der Waals surface area contributed by atoms with Gasteiger partial charge in [0.2, 0.25) is 0 Å². The fourth-order valence-corrected chi connectivity index (χ4v) is 2.51. The molecule has 0 bridgehead atoms. The van der Waals surface area contributed by atoms with Gasteiger partial charge < -0.3 is 19.6 Å². The fourth-order valence-electron chi connectivity index (χ4n) is 2.51. The van der Waals surface area contributed by atoms with Crippen LogP contribution in [0.5, 0.6) is 11.5 Å². The number of ether oxygens (including phenoxy) is 2. The van der Waals surface area contributed by atoms with Crippen LogP contribution in [0, 0.1) is 0 Å². The van der Waals surface area contributed by atoms with E-state index in [1.165, 1.54) is 44.6 Å². The van der Waals surface area contributed by atoms with Crippen LogP contribution in [0.3, 0.4) is 0 Å². The van der Waals surface area contributed by atoms with Crippen molar-refractivity contribution < 1.29 is 19.4 Å². The largest absolute Gasteiger partial charge is 0.497 e. The molecule has 0 atom stereocenters. The van der Waals surface area contributed by atoms with Gasteiger partial charge in [-0.05, 0) is 18.2 Å². The molecular formula is C17H14N2O6. The van der Waals surface area contributed by atoms with Gasteiger partial charge in [-0.15, -0.1) is 0 Å². The normalized spacial score (nSPS) is 10.6. The summed E-state index contributed by atoms with van der Waals surface area (Å²) >= 11 is 0. The summed E-state index contributed by atoms with van der Waals surface area (Å²) in [4.78, 5) is 38.7. The number of nitrogens with zero attached hydrogens (tertiary/aromatic N) is 1. The number of fused-ring (bicyclic) bond motifs is 1. The van der Waals surface area contributed by atoms with Gasteiger partial charge in [-0.3, -0.25) is 4.79 Å². The van der Waals surface area contributed by atoms with Crippen molar-refractivity contribution in [3.05, 3.63) is 62.8 Å². The quantitative estimate of drug-likeness (QED) is 0.741. The Bertz CT molecular complexity index is 1070. The number of rotatable bonds is 4. The van der Waals surface area contributed by atoms with Crippen LogP contribution in [0.15, 0.2) is 46.0 Å². The molecule has 0 aliphatic carbocycles. The maximum absolute atomic E-state index is 12.7. The molecule has 0 spiro atoms. The Balaban J connectivity index is 2.31. The Kier molecular flexibility index (Phi) is 4.02. The van der Waals surface area contributed by atoms with E-state index in [1.54, 1.807) is 6.07 Å². The SMILES string of the molecule is COc1cc(OC)cc(-n2c(=O)[nH]c3cc(C(=O)O)ccc3c2=O)c1. The molecule has 2 aromatic carbocycles. The topological polar surface area (TPSA) is 111 Å². The van der Waals surface area contributed by atoms with Gasteiger partial charge in [0.25, 0.3) is 5.56 Å². The summed E-state index contributed by atoms with van der Waals surface area (Å²) in [5.74, 6) is -0.312. The monoisotopic (exact) mass is 342 g/mol. The number of nitrogens with one attached hydrogen (secondary N) is 1. The minimum absolute atomic E-state index is 0.0247. The number of carboxylic acids is 1. The molecule has 8 nitrogen and oxygen atoms in total. The van der Waals surface area contributed by atoms with Crippen molar-refractivity contribution in [2.75, 3.05) is 14.2 Å². The molecular weight excluding hydrogens is 328 g/mol. The molecule has 128 valence electrons. The predicted molar refractivity (Wildman–Crippen MR) is 90.2 cm³/mol. The van der Waals surface area contributed by atoms with E-state index >= 15 is 0 Å². The molecule has 0 saturated carbocycles. The van der Waals surface area contributed by atoms with E-state index in [9.17, 15) is 14.4 Å². The Morgan fingerprint density at radius 2 is 1.68 bits per heavy atom. The zero-order valence-corrected chi connectivity index (χ0v) is 13.4. The second-order valence-corrected chi connectivity index (χ2v) is 5.21. The van der Waals surface area contributed by atoms with Crippen molar-refractivity contribution in [3.8, 4) is 17.2 Å². The Labute approximate surface area is 140 Å². The van der Waals surface area contributed by atoms with Crippen LogP contribution >= 0.6 is 0 Å². The third-order valence-corrected chi connectivity index (χ3v) is 3.74. The number of aromatic nitrogens is 2. The Morgan fingerprint density at radius 3 is 2.24 bits per heavy atom. The van der Waals surface area contributed by atoms with Gasteiger partial charge in [0.15, 0.2) is 0 Å². The van der Waals surface area contributed by atoms with Gasteiger partial charge in [0.05, 0.1) is 36.4 Å². The average Bonchev–Trinajstić information content (AvgIpc) is 2.60. The number of benzene rings is 2. The number of carboxylic acid groups (broad SMARTS) is 1. The Hall–Kier alpha value is -3.55. The number of methoxy groups -OCH3 is 2. The lowest BCUT2D eigenvalue weighted by Gasteiger charge is -2.10. The zero-order chi connectivity index (χ0) is 18.1. The number of aromatic amines is 1. The predicted octanol–water partition coefficient (Wildman–Crippen LogP) is 1.39. The van der Waals surface area contributed by atoms with Crippen LogP contribution in [0.1, 0.15) is 10.4 Å². The third kappa shape index (κ3) is 2.85. The van der Waals surface area contributed by atoms with E-state index in [0.717, 1.165) is 4.57 Å². The molecule has 0 unspecified atom stereocenters. The molecule has 1 aromatic heterocycles. The summed E-state index contributed by atoms with van der Waals surface area (Å²) < 4.78 is 11.2. The molecule has 0 aliphatic heterocycles. The summed E-state index contributed by atoms with van der Waals surface area (Å²) in [6.45, 7) is 0. The molecule has 1 heterocycles. The number of carbonyl (C=O) groups is 1. The van der Waals surface area contributed by atoms with Gasteiger partial charge in [-0.1, -0.05) is 0 Å². The minimum atomic E-state index is -1.15. The van der Waals surface area contributed by atoms with Crippen LogP contribution in [0.2, 0.25) is 0 Å². The highest BCUT2D eigenvalue weighted by atomic mass is 16.5. The lowest BCUT2D eigenvalue weighted by atomic mass is 10.1. The Morgan fingerprint density at radius 1 is 1.04 bits per heavy atom. The fraction of sp³-hybridized carbons (Fsp3) is 0.118. The van der Waals surface area contributed by atoms with E-state index in [1.807, 2.05) is 0 Å². The number of hydrogen-bond donors (Lipinski definition) is 2. The summed E-state index contributed by atoms with van der Waals surface area (Å²) in [6, 6.07) is 8.58. The first-order valence-electron chi connectivity index (χ1n) is 7.20. The van der Waals surface area contributed by atoms with Gasteiger partial charge in [-0.25, -0.2) is 14.2 Å². The molecule has 0 aliphatic rings. The minimum Gasteiger partial charge on any atom is -0.497 e. The first kappa shape index (κ1) is 16.3. The molecule has 0 amide bonds. The standard InChI is InChI=1S/C17H14N2O6/c1-24-11-6-10(7-12(8-11)25-2)19-15(20)13-4-3-9(16(21)22)5-14(13)18-17(19)23/h3-8H,1-2H3,(H,18,23)(H,21,22). The summed E-state index contributed by atoms with van der Waals surface area (Å²) in [7, 11) is 2.92. The molecule has 0 radical (unpaired) electrons. The summed E-state index contributed by atoms with van der Waals surface area (Å²) in [5, 5.41) is 9.21. The van der Waals surface area contributed by atoms with E-state index in [0.29, 0.717) is 11.5 Å². The van der Waals surface area contributed by atoms with E-state index in [4.69, 9.17) is 14.6 Å². The zero-order valence-electron chi connectivity index (χ0n) is 13.4. The van der Waals surface area contributed by atoms with Crippen LogP contribution in [0.25, 0.3) is 16.6 Å². The van der Waals surface area contributed by atoms with E-state index in [-0.39, 0.29) is 22.2 Å². The smallest absolute Gasteiger partial charge is 0.335 e. The maximum Gasteiger partial charge on any atom is 0.335 e. The number of aromatic carboxylic acids is 1. The van der Waals surface area contributed by atoms with Crippen molar-refractivity contribution in [3.63, 3.8) is 0 Å². The van der Waals surface area contributed by atoms with Gasteiger partial charge in [0, 0.05) is 18.2 Å². The first-order chi connectivity index (χ1) is 11.9. The highest BCUT2D eigenvalue weighted by Crippen LogP contribution is 2.24. The maximum atomic E-state index is 12.7. The third-order valence-electron chi connectivity index (χ3n) is 3.74. The second-order valence-electron chi connectivity index (χ2n) is 5.21. The van der Waals surface area contributed by atoms with E-state index < -0.39 is 17.2 Å². The average molecular weight is 342 g/mol. The van der Waals surface area contributed by atoms with Crippen LogP contribution in [-0.2, 0) is 0 Å². The second kappa shape index (κ2) is 6.16. The molecule has 0 fully saturated rings. The molecule has 8 heteroatoms. The highest BCUT2D eigenvalue weighted by Gasteiger charge is 2.13. The number of H-pyrrole nitrogens is 1. The summed E-state index contributed by atoms with van der Waals surface area (Å²) in [5.41, 5.74) is -0.877.